The maximum atomic E-state index is 11.6. The summed E-state index contributed by atoms with van der Waals surface area (Å²) in [4.78, 5) is 11.6. The summed E-state index contributed by atoms with van der Waals surface area (Å²) in [7, 11) is 1.56. The maximum Gasteiger partial charge on any atom is 0.220 e. The third-order valence-corrected chi connectivity index (χ3v) is 2.61. The number of rotatable bonds is 7. The van der Waals surface area contributed by atoms with Gasteiger partial charge in [-0.05, 0) is 12.5 Å². The lowest BCUT2D eigenvalue weighted by Gasteiger charge is -2.19. The molecule has 1 rings (SSSR count). The predicted molar refractivity (Wildman–Crippen MR) is 70.4 cm³/mol. The molecular weight excluding hydrogens is 230 g/mol. The molecule has 4 heteroatoms. The van der Waals surface area contributed by atoms with Gasteiger partial charge < -0.3 is 15.2 Å². The van der Waals surface area contributed by atoms with Gasteiger partial charge in [0.15, 0.2) is 0 Å². The number of para-hydroxylation sites is 1. The van der Waals surface area contributed by atoms with Gasteiger partial charge in [-0.15, -0.1) is 6.58 Å². The van der Waals surface area contributed by atoms with E-state index in [0.717, 1.165) is 5.56 Å². The molecule has 1 aromatic rings. The Morgan fingerprint density at radius 1 is 1.56 bits per heavy atom. The van der Waals surface area contributed by atoms with Gasteiger partial charge in [0.05, 0.1) is 19.8 Å². The van der Waals surface area contributed by atoms with Gasteiger partial charge in [-0.1, -0.05) is 24.3 Å². The number of hydrogen-bond donors (Lipinski definition) is 2. The Labute approximate surface area is 107 Å². The zero-order chi connectivity index (χ0) is 13.4. The normalized spacial score (nSPS) is 11.7. The highest BCUT2D eigenvalue weighted by molar-refractivity contribution is 5.76. The van der Waals surface area contributed by atoms with Crippen LogP contribution in [-0.2, 0) is 4.79 Å². The van der Waals surface area contributed by atoms with Crippen LogP contribution in [0.4, 0.5) is 0 Å². The second-order valence-corrected chi connectivity index (χ2v) is 3.87. The minimum Gasteiger partial charge on any atom is -0.496 e. The minimum absolute atomic E-state index is 0.111. The van der Waals surface area contributed by atoms with Gasteiger partial charge in [0.25, 0.3) is 0 Å². The summed E-state index contributed by atoms with van der Waals surface area (Å²) in [5, 5.41) is 12.2. The van der Waals surface area contributed by atoms with E-state index in [4.69, 9.17) is 4.74 Å². The van der Waals surface area contributed by atoms with E-state index >= 15 is 0 Å². The molecule has 0 radical (unpaired) electrons. The zero-order valence-corrected chi connectivity index (χ0v) is 10.6. The van der Waals surface area contributed by atoms with Gasteiger partial charge in [-0.25, -0.2) is 0 Å². The molecule has 1 atom stereocenters. The molecule has 0 saturated heterocycles. The maximum absolute atomic E-state index is 11.6. The molecule has 1 unspecified atom stereocenters. The first-order valence-electron chi connectivity index (χ1n) is 5.87. The quantitative estimate of drug-likeness (QED) is 0.725. The highest BCUT2D eigenvalue weighted by Gasteiger charge is 2.16. The van der Waals surface area contributed by atoms with Crippen molar-refractivity contribution in [1.29, 1.82) is 0 Å². The molecule has 0 fully saturated rings. The van der Waals surface area contributed by atoms with Crippen molar-refractivity contribution >= 4 is 5.91 Å². The van der Waals surface area contributed by atoms with E-state index in [1.807, 2.05) is 18.2 Å². The molecule has 0 bridgehead atoms. The molecule has 0 aliphatic rings. The number of allylic oxidation sites excluding steroid dienone is 1. The van der Waals surface area contributed by atoms with E-state index in [-0.39, 0.29) is 12.5 Å². The van der Waals surface area contributed by atoms with Crippen molar-refractivity contribution in [2.45, 2.75) is 18.9 Å². The summed E-state index contributed by atoms with van der Waals surface area (Å²) in [6.45, 7) is 3.40. The molecule has 0 aliphatic heterocycles. The number of carbonyl (C=O) groups is 1. The largest absolute Gasteiger partial charge is 0.496 e. The standard InChI is InChI=1S/C14H19NO3/c1-3-4-9-14(17)15-12(10-16)11-7-5-6-8-13(11)18-2/h3,5-8,12,16H,1,4,9-10H2,2H3,(H,15,17). The van der Waals surface area contributed by atoms with Crippen molar-refractivity contribution in [1.82, 2.24) is 5.32 Å². The molecule has 0 aliphatic carbocycles. The lowest BCUT2D eigenvalue weighted by atomic mass is 10.1. The SMILES string of the molecule is C=CCCC(=O)NC(CO)c1ccccc1OC. The van der Waals surface area contributed by atoms with Crippen LogP contribution in [0.25, 0.3) is 0 Å². The van der Waals surface area contributed by atoms with Gasteiger partial charge in [0.2, 0.25) is 5.91 Å². The van der Waals surface area contributed by atoms with Crippen LogP contribution >= 0.6 is 0 Å². The van der Waals surface area contributed by atoms with Gasteiger partial charge in [-0.2, -0.15) is 0 Å². The van der Waals surface area contributed by atoms with Crippen LogP contribution in [-0.4, -0.2) is 24.7 Å². The van der Waals surface area contributed by atoms with Crippen LogP contribution in [0.1, 0.15) is 24.4 Å². The molecule has 0 heterocycles. The van der Waals surface area contributed by atoms with Crippen molar-refractivity contribution in [3.8, 4) is 5.75 Å². The fourth-order valence-electron chi connectivity index (χ4n) is 1.68. The number of nitrogens with one attached hydrogen (secondary N) is 1. The Balaban J connectivity index is 2.76. The van der Waals surface area contributed by atoms with E-state index in [2.05, 4.69) is 11.9 Å². The number of ether oxygens (including phenoxy) is 1. The van der Waals surface area contributed by atoms with Crippen LogP contribution in [0, 0.1) is 0 Å². The van der Waals surface area contributed by atoms with Gasteiger partial charge in [0.1, 0.15) is 5.75 Å². The second kappa shape index (κ2) is 7.50. The number of amides is 1. The van der Waals surface area contributed by atoms with Crippen LogP contribution in [0.15, 0.2) is 36.9 Å². The van der Waals surface area contributed by atoms with E-state index in [1.54, 1.807) is 19.3 Å². The van der Waals surface area contributed by atoms with Crippen molar-refractivity contribution < 1.29 is 14.6 Å². The average molecular weight is 249 g/mol. The van der Waals surface area contributed by atoms with Crippen LogP contribution in [0.3, 0.4) is 0 Å². The Hall–Kier alpha value is -1.81. The lowest BCUT2D eigenvalue weighted by molar-refractivity contribution is -0.122. The van der Waals surface area contributed by atoms with E-state index in [9.17, 15) is 9.90 Å². The third-order valence-electron chi connectivity index (χ3n) is 2.61. The van der Waals surface area contributed by atoms with Gasteiger partial charge in [-0.3, -0.25) is 4.79 Å². The molecule has 1 amide bonds. The molecule has 0 saturated carbocycles. The fraction of sp³-hybridized carbons (Fsp3) is 0.357. The molecule has 0 aromatic heterocycles. The summed E-state index contributed by atoms with van der Waals surface area (Å²) in [5.41, 5.74) is 0.773. The second-order valence-electron chi connectivity index (χ2n) is 3.87. The molecule has 2 N–H and O–H groups in total. The monoisotopic (exact) mass is 249 g/mol. The number of hydrogen-bond acceptors (Lipinski definition) is 3. The van der Waals surface area contributed by atoms with E-state index < -0.39 is 6.04 Å². The van der Waals surface area contributed by atoms with Crippen molar-refractivity contribution in [3.63, 3.8) is 0 Å². The average Bonchev–Trinajstić information content (AvgIpc) is 2.42. The number of carbonyl (C=O) groups excluding carboxylic acids is 1. The minimum atomic E-state index is -0.446. The first-order valence-corrected chi connectivity index (χ1v) is 5.87. The van der Waals surface area contributed by atoms with Crippen LogP contribution in [0.5, 0.6) is 5.75 Å². The van der Waals surface area contributed by atoms with E-state index in [1.165, 1.54) is 0 Å². The highest BCUT2D eigenvalue weighted by Crippen LogP contribution is 2.24. The fourth-order valence-corrected chi connectivity index (χ4v) is 1.68. The molecule has 4 nitrogen and oxygen atoms in total. The Bertz CT molecular complexity index is 404. The van der Waals surface area contributed by atoms with Gasteiger partial charge >= 0.3 is 0 Å². The molecular formula is C14H19NO3. The van der Waals surface area contributed by atoms with Crippen molar-refractivity contribution in [2.24, 2.45) is 0 Å². The number of methoxy groups -OCH3 is 1. The predicted octanol–water partition coefficient (Wildman–Crippen LogP) is 1.81. The molecule has 18 heavy (non-hydrogen) atoms. The van der Waals surface area contributed by atoms with Gasteiger partial charge in [0, 0.05) is 12.0 Å². The summed E-state index contributed by atoms with van der Waals surface area (Å²) >= 11 is 0. The first-order chi connectivity index (χ1) is 8.72. The molecule has 0 spiro atoms. The smallest absolute Gasteiger partial charge is 0.220 e. The topological polar surface area (TPSA) is 58.6 Å². The first kappa shape index (κ1) is 14.3. The summed E-state index contributed by atoms with van der Waals surface area (Å²) in [6.07, 6.45) is 2.68. The Morgan fingerprint density at radius 2 is 2.28 bits per heavy atom. The number of aliphatic hydroxyl groups is 1. The van der Waals surface area contributed by atoms with Crippen LogP contribution in [0.2, 0.25) is 0 Å². The third kappa shape index (κ3) is 3.89. The lowest BCUT2D eigenvalue weighted by Crippen LogP contribution is -2.30. The van der Waals surface area contributed by atoms with Crippen molar-refractivity contribution in [2.75, 3.05) is 13.7 Å². The summed E-state index contributed by atoms with van der Waals surface area (Å²) in [6, 6.07) is 6.87. The number of benzene rings is 1. The number of aliphatic hydroxyl groups excluding tert-OH is 1. The van der Waals surface area contributed by atoms with Crippen molar-refractivity contribution in [3.05, 3.63) is 42.5 Å². The highest BCUT2D eigenvalue weighted by atomic mass is 16.5. The molecule has 1 aromatic carbocycles. The molecule has 98 valence electrons. The zero-order valence-electron chi connectivity index (χ0n) is 10.6. The van der Waals surface area contributed by atoms with Crippen LogP contribution < -0.4 is 10.1 Å². The summed E-state index contributed by atoms with van der Waals surface area (Å²) < 4.78 is 5.21. The Kier molecular flexibility index (Phi) is 5.94. The summed E-state index contributed by atoms with van der Waals surface area (Å²) in [5.74, 6) is 0.542. The Morgan fingerprint density at radius 3 is 2.89 bits per heavy atom. The van der Waals surface area contributed by atoms with E-state index in [0.29, 0.717) is 18.6 Å².